The lowest BCUT2D eigenvalue weighted by atomic mass is 10.1. The van der Waals surface area contributed by atoms with Crippen molar-refractivity contribution in [2.24, 2.45) is 7.05 Å². The molecule has 0 amide bonds. The maximum Gasteiger partial charge on any atom is 0.328 e. The summed E-state index contributed by atoms with van der Waals surface area (Å²) in [5.41, 5.74) is 1.56. The van der Waals surface area contributed by atoms with Gasteiger partial charge in [-0.25, -0.2) is 4.79 Å². The maximum atomic E-state index is 11.9. The molecule has 0 saturated carbocycles. The molecule has 104 valence electrons. The van der Waals surface area contributed by atoms with Crippen LogP contribution in [0, 0.1) is 11.8 Å². The summed E-state index contributed by atoms with van der Waals surface area (Å²) < 4.78 is 8.42. The predicted molar refractivity (Wildman–Crippen MR) is 75.7 cm³/mol. The minimum atomic E-state index is -0.181. The van der Waals surface area contributed by atoms with Crippen molar-refractivity contribution < 1.29 is 9.84 Å². The Bertz CT molecular complexity index is 717. The van der Waals surface area contributed by atoms with Crippen molar-refractivity contribution in [3.63, 3.8) is 0 Å². The lowest BCUT2D eigenvalue weighted by Crippen LogP contribution is -2.22. The number of aromatic nitrogens is 2. The van der Waals surface area contributed by atoms with Gasteiger partial charge in [-0.05, 0) is 18.2 Å². The first-order valence-electron chi connectivity index (χ1n) is 6.14. The molecule has 0 bridgehead atoms. The van der Waals surface area contributed by atoms with E-state index in [0.717, 1.165) is 11.1 Å². The molecule has 2 aromatic rings. The van der Waals surface area contributed by atoms with Crippen LogP contribution in [0.5, 0.6) is 5.75 Å². The van der Waals surface area contributed by atoms with Crippen LogP contribution in [0.15, 0.2) is 35.4 Å². The molecule has 0 aliphatic heterocycles. The molecule has 1 N–H and O–H groups in total. The average molecular weight is 272 g/mol. The van der Waals surface area contributed by atoms with Gasteiger partial charge in [-0.2, -0.15) is 0 Å². The van der Waals surface area contributed by atoms with E-state index in [1.54, 1.807) is 31.1 Å². The second-order valence-electron chi connectivity index (χ2n) is 4.31. The Morgan fingerprint density at radius 2 is 2.15 bits per heavy atom. The van der Waals surface area contributed by atoms with Crippen molar-refractivity contribution in [3.8, 4) is 17.6 Å². The van der Waals surface area contributed by atoms with E-state index in [1.165, 1.54) is 4.57 Å². The molecule has 5 heteroatoms. The highest BCUT2D eigenvalue weighted by Crippen LogP contribution is 2.20. The number of imidazole rings is 1. The van der Waals surface area contributed by atoms with Gasteiger partial charge in [-0.3, -0.25) is 4.57 Å². The van der Waals surface area contributed by atoms with Crippen LogP contribution in [0.25, 0.3) is 0 Å². The van der Waals surface area contributed by atoms with Gasteiger partial charge in [0, 0.05) is 30.6 Å². The van der Waals surface area contributed by atoms with E-state index >= 15 is 0 Å². The molecule has 2 rings (SSSR count). The Kier molecular flexibility index (Phi) is 4.28. The monoisotopic (exact) mass is 272 g/mol. The minimum absolute atomic E-state index is 0.0844. The molecular weight excluding hydrogens is 256 g/mol. The van der Waals surface area contributed by atoms with Crippen LogP contribution in [-0.4, -0.2) is 28.0 Å². The molecule has 1 aromatic heterocycles. The number of nitrogens with zero attached hydrogens (tertiary/aromatic N) is 2. The van der Waals surface area contributed by atoms with E-state index in [9.17, 15) is 4.79 Å². The summed E-state index contributed by atoms with van der Waals surface area (Å²) in [7, 11) is 3.30. The Balaban J connectivity index is 2.38. The third-order valence-electron chi connectivity index (χ3n) is 2.95. The second-order valence-corrected chi connectivity index (χ2v) is 4.31. The number of hydrogen-bond donors (Lipinski definition) is 1. The Morgan fingerprint density at radius 1 is 1.35 bits per heavy atom. The lowest BCUT2D eigenvalue weighted by molar-refractivity contribution is 0.350. The van der Waals surface area contributed by atoms with Gasteiger partial charge in [-0.1, -0.05) is 11.8 Å². The van der Waals surface area contributed by atoms with Gasteiger partial charge in [0.15, 0.2) is 0 Å². The summed E-state index contributed by atoms with van der Waals surface area (Å²) >= 11 is 0. The lowest BCUT2D eigenvalue weighted by Gasteiger charge is -2.09. The Labute approximate surface area is 117 Å². The van der Waals surface area contributed by atoms with Crippen LogP contribution >= 0.6 is 0 Å². The second kappa shape index (κ2) is 6.13. The molecule has 1 heterocycles. The van der Waals surface area contributed by atoms with Crippen molar-refractivity contribution in [2.45, 2.75) is 6.54 Å². The van der Waals surface area contributed by atoms with Gasteiger partial charge in [0.2, 0.25) is 0 Å². The maximum absolute atomic E-state index is 11.9. The fourth-order valence-corrected chi connectivity index (χ4v) is 1.94. The van der Waals surface area contributed by atoms with Gasteiger partial charge in [-0.15, -0.1) is 0 Å². The molecule has 0 aliphatic carbocycles. The molecule has 0 aliphatic rings. The van der Waals surface area contributed by atoms with Crippen LogP contribution in [0.1, 0.15) is 11.1 Å². The highest BCUT2D eigenvalue weighted by atomic mass is 16.5. The number of benzene rings is 1. The molecule has 5 nitrogen and oxygen atoms in total. The van der Waals surface area contributed by atoms with Crippen LogP contribution in [0.3, 0.4) is 0 Å². The third kappa shape index (κ3) is 2.92. The molecule has 0 unspecified atom stereocenters. The van der Waals surface area contributed by atoms with Crippen molar-refractivity contribution in [1.82, 2.24) is 9.13 Å². The van der Waals surface area contributed by atoms with E-state index < -0.39 is 0 Å². The van der Waals surface area contributed by atoms with Gasteiger partial charge in [0.25, 0.3) is 0 Å². The fraction of sp³-hybridized carbons (Fsp3) is 0.267. The number of methoxy groups -OCH3 is 1. The first kappa shape index (κ1) is 14.0. The van der Waals surface area contributed by atoms with Gasteiger partial charge >= 0.3 is 5.69 Å². The molecule has 20 heavy (non-hydrogen) atoms. The summed E-state index contributed by atoms with van der Waals surface area (Å²) in [4.78, 5) is 11.9. The molecule has 0 atom stereocenters. The minimum Gasteiger partial charge on any atom is -0.496 e. The fourth-order valence-electron chi connectivity index (χ4n) is 1.94. The van der Waals surface area contributed by atoms with E-state index in [4.69, 9.17) is 9.84 Å². The Hall–Kier alpha value is -2.45. The van der Waals surface area contributed by atoms with Crippen LogP contribution in [0.4, 0.5) is 0 Å². The van der Waals surface area contributed by atoms with Crippen LogP contribution in [0.2, 0.25) is 0 Å². The summed E-state index contributed by atoms with van der Waals surface area (Å²) in [6.07, 6.45) is 3.44. The predicted octanol–water partition coefficient (Wildman–Crippen LogP) is 0.587. The number of rotatable bonds is 3. The van der Waals surface area contributed by atoms with Gasteiger partial charge < -0.3 is 14.4 Å². The van der Waals surface area contributed by atoms with Crippen molar-refractivity contribution >= 4 is 0 Å². The summed E-state index contributed by atoms with van der Waals surface area (Å²) in [5, 5.41) is 8.73. The summed E-state index contributed by atoms with van der Waals surface area (Å²) in [6.45, 7) is 0.233. The quantitative estimate of drug-likeness (QED) is 0.832. The molecular formula is C15H16N2O3. The van der Waals surface area contributed by atoms with E-state index in [-0.39, 0.29) is 12.3 Å². The number of aliphatic hydroxyl groups excluding tert-OH is 1. The highest BCUT2D eigenvalue weighted by Gasteiger charge is 2.07. The number of ether oxygens (including phenoxy) is 1. The SMILES string of the molecule is COc1ccc(C#CCO)cc1Cn1ccn(C)c1=O. The topological polar surface area (TPSA) is 56.4 Å². The zero-order valence-corrected chi connectivity index (χ0v) is 11.5. The molecule has 0 radical (unpaired) electrons. The molecule has 0 saturated heterocycles. The van der Waals surface area contributed by atoms with E-state index in [0.29, 0.717) is 12.3 Å². The van der Waals surface area contributed by atoms with Crippen LogP contribution < -0.4 is 10.4 Å². The zero-order chi connectivity index (χ0) is 14.5. The molecule has 0 fully saturated rings. The van der Waals surface area contributed by atoms with Crippen molar-refractivity contribution in [3.05, 3.63) is 52.2 Å². The van der Waals surface area contributed by atoms with Crippen LogP contribution in [-0.2, 0) is 13.6 Å². The number of hydrogen-bond acceptors (Lipinski definition) is 3. The van der Waals surface area contributed by atoms with Crippen molar-refractivity contribution in [1.29, 1.82) is 0 Å². The Morgan fingerprint density at radius 3 is 2.75 bits per heavy atom. The standard InChI is InChI=1S/C15H16N2O3/c1-16-7-8-17(15(16)19)11-13-10-12(4-3-9-18)5-6-14(13)20-2/h5-8,10,18H,9,11H2,1-2H3. The van der Waals surface area contributed by atoms with Gasteiger partial charge in [0.1, 0.15) is 12.4 Å². The number of aliphatic hydroxyl groups is 1. The van der Waals surface area contributed by atoms with Crippen molar-refractivity contribution in [2.75, 3.05) is 13.7 Å². The summed E-state index contributed by atoms with van der Waals surface area (Å²) in [5.74, 6) is 6.15. The first-order valence-corrected chi connectivity index (χ1v) is 6.14. The highest BCUT2D eigenvalue weighted by molar-refractivity contribution is 5.44. The van der Waals surface area contributed by atoms with E-state index in [1.807, 2.05) is 18.2 Å². The average Bonchev–Trinajstić information content (AvgIpc) is 2.77. The van der Waals surface area contributed by atoms with E-state index in [2.05, 4.69) is 11.8 Å². The largest absolute Gasteiger partial charge is 0.496 e. The summed E-state index contributed by atoms with van der Waals surface area (Å²) in [6, 6.07) is 5.49. The first-order chi connectivity index (χ1) is 9.65. The third-order valence-corrected chi connectivity index (χ3v) is 2.95. The molecule has 1 aromatic carbocycles. The normalized spacial score (nSPS) is 9.95. The van der Waals surface area contributed by atoms with Gasteiger partial charge in [0.05, 0.1) is 13.7 Å². The smallest absolute Gasteiger partial charge is 0.328 e. The molecule has 0 spiro atoms. The number of aryl methyl sites for hydroxylation is 1. The zero-order valence-electron chi connectivity index (χ0n) is 11.5.